The standard InChI is InChI=1S/C23H28BrNO5S/c1-16-6-7-18-14-19(24)8-9-21(18)25(16)31(27,28)23(26)20-4-2-3-5-22(20)30-15-17-10-12-29-13-11-17/h2-5,8-9,14,16-17,23,26H,6-7,10-13,15H2,1H3. The number of benzene rings is 2. The van der Waals surface area contributed by atoms with Crippen LogP contribution in [0.3, 0.4) is 0 Å². The molecule has 2 aromatic carbocycles. The van der Waals surface area contributed by atoms with Crippen molar-refractivity contribution in [2.45, 2.75) is 44.1 Å². The summed E-state index contributed by atoms with van der Waals surface area (Å²) in [5, 5.41) is 11.1. The number of hydrogen-bond acceptors (Lipinski definition) is 5. The summed E-state index contributed by atoms with van der Waals surface area (Å²) in [6.07, 6.45) is 3.32. The molecule has 1 fully saturated rings. The molecular weight excluding hydrogens is 482 g/mol. The van der Waals surface area contributed by atoms with Crippen LogP contribution in [-0.4, -0.2) is 39.4 Å². The molecule has 0 radical (unpaired) electrons. The Morgan fingerprint density at radius 1 is 1.19 bits per heavy atom. The Labute approximate surface area is 192 Å². The first-order valence-corrected chi connectivity index (χ1v) is 13.0. The van der Waals surface area contributed by atoms with E-state index in [-0.39, 0.29) is 11.6 Å². The van der Waals surface area contributed by atoms with Crippen molar-refractivity contribution < 1.29 is 23.0 Å². The van der Waals surface area contributed by atoms with Crippen LogP contribution in [0.2, 0.25) is 0 Å². The molecule has 31 heavy (non-hydrogen) atoms. The number of aliphatic hydroxyl groups excluding tert-OH is 1. The molecule has 2 unspecified atom stereocenters. The van der Waals surface area contributed by atoms with Gasteiger partial charge in [0, 0.05) is 29.3 Å². The molecule has 2 aliphatic heterocycles. The molecule has 2 atom stereocenters. The number of halogens is 1. The Morgan fingerprint density at radius 3 is 2.71 bits per heavy atom. The van der Waals surface area contributed by atoms with E-state index in [2.05, 4.69) is 15.9 Å². The van der Waals surface area contributed by atoms with Crippen molar-refractivity contribution in [1.29, 1.82) is 0 Å². The van der Waals surface area contributed by atoms with Gasteiger partial charge in [0.25, 0.3) is 10.0 Å². The third-order valence-electron chi connectivity index (χ3n) is 6.07. The Kier molecular flexibility index (Phi) is 6.91. The van der Waals surface area contributed by atoms with Crippen molar-refractivity contribution in [3.05, 3.63) is 58.1 Å². The number of nitrogens with zero attached hydrogens (tertiary/aromatic N) is 1. The zero-order valence-corrected chi connectivity index (χ0v) is 19.9. The third kappa shape index (κ3) is 4.77. The summed E-state index contributed by atoms with van der Waals surface area (Å²) in [5.41, 5.74) is 0.135. The number of ether oxygens (including phenoxy) is 2. The van der Waals surface area contributed by atoms with Crippen molar-refractivity contribution in [3.8, 4) is 5.75 Å². The normalized spacial score (nSPS) is 20.9. The van der Waals surface area contributed by atoms with Gasteiger partial charge < -0.3 is 14.6 Å². The fourth-order valence-corrected chi connectivity index (χ4v) is 6.48. The number of aliphatic hydroxyl groups is 1. The number of aryl methyl sites for hydroxylation is 1. The summed E-state index contributed by atoms with van der Waals surface area (Å²) in [5.74, 6) is 0.772. The van der Waals surface area contributed by atoms with Gasteiger partial charge in [-0.25, -0.2) is 8.42 Å². The second-order valence-corrected chi connectivity index (χ2v) is 11.0. The van der Waals surface area contributed by atoms with Gasteiger partial charge in [-0.3, -0.25) is 4.31 Å². The maximum atomic E-state index is 13.6. The highest BCUT2D eigenvalue weighted by molar-refractivity contribution is 9.10. The number of anilines is 1. The van der Waals surface area contributed by atoms with E-state index >= 15 is 0 Å². The van der Waals surface area contributed by atoms with Crippen LogP contribution >= 0.6 is 15.9 Å². The van der Waals surface area contributed by atoms with E-state index in [0.717, 1.165) is 42.5 Å². The van der Waals surface area contributed by atoms with E-state index in [9.17, 15) is 13.5 Å². The van der Waals surface area contributed by atoms with Crippen LogP contribution in [0.1, 0.15) is 42.7 Å². The van der Waals surface area contributed by atoms with Gasteiger partial charge >= 0.3 is 0 Å². The highest BCUT2D eigenvalue weighted by Gasteiger charge is 2.39. The van der Waals surface area contributed by atoms with Crippen LogP contribution in [0.25, 0.3) is 0 Å². The monoisotopic (exact) mass is 509 g/mol. The van der Waals surface area contributed by atoms with Gasteiger partial charge in [0.2, 0.25) is 5.44 Å². The van der Waals surface area contributed by atoms with Crippen molar-refractivity contribution in [2.24, 2.45) is 5.92 Å². The Bertz CT molecular complexity index is 1020. The fraction of sp³-hybridized carbons (Fsp3) is 0.478. The smallest absolute Gasteiger partial charge is 0.266 e. The summed E-state index contributed by atoms with van der Waals surface area (Å²) in [6, 6.07) is 12.2. The van der Waals surface area contributed by atoms with E-state index < -0.39 is 15.5 Å². The van der Waals surface area contributed by atoms with Crippen LogP contribution < -0.4 is 9.04 Å². The molecule has 2 heterocycles. The molecule has 8 heteroatoms. The summed E-state index contributed by atoms with van der Waals surface area (Å²) in [6.45, 7) is 3.79. The maximum Gasteiger partial charge on any atom is 0.266 e. The van der Waals surface area contributed by atoms with Crippen molar-refractivity contribution >= 4 is 31.6 Å². The fourth-order valence-electron chi connectivity index (χ4n) is 4.28. The van der Waals surface area contributed by atoms with Crippen LogP contribution in [-0.2, 0) is 21.2 Å². The summed E-state index contributed by atoms with van der Waals surface area (Å²) in [4.78, 5) is 0. The predicted molar refractivity (Wildman–Crippen MR) is 124 cm³/mol. The number of para-hydroxylation sites is 1. The molecule has 1 saturated heterocycles. The third-order valence-corrected chi connectivity index (χ3v) is 8.48. The van der Waals surface area contributed by atoms with Gasteiger partial charge in [-0.1, -0.05) is 34.1 Å². The zero-order valence-electron chi connectivity index (χ0n) is 17.5. The van der Waals surface area contributed by atoms with Gasteiger partial charge in [0.05, 0.1) is 12.3 Å². The first-order chi connectivity index (χ1) is 14.9. The molecule has 1 N–H and O–H groups in total. The molecule has 0 aliphatic carbocycles. The van der Waals surface area contributed by atoms with Gasteiger partial charge in [-0.05, 0) is 68.4 Å². The number of hydrogen-bond donors (Lipinski definition) is 1. The minimum atomic E-state index is -4.08. The molecule has 0 aromatic heterocycles. The Balaban J connectivity index is 1.61. The Morgan fingerprint density at radius 2 is 1.94 bits per heavy atom. The first-order valence-electron chi connectivity index (χ1n) is 10.7. The Hall–Kier alpha value is -1.61. The number of fused-ring (bicyclic) bond motifs is 1. The van der Waals surface area contributed by atoms with Gasteiger partial charge in [-0.15, -0.1) is 0 Å². The molecule has 0 amide bonds. The first kappa shape index (κ1) is 22.6. The highest BCUT2D eigenvalue weighted by atomic mass is 79.9. The van der Waals surface area contributed by atoms with E-state index in [1.165, 1.54) is 4.31 Å². The second kappa shape index (κ2) is 9.48. The average molecular weight is 510 g/mol. The van der Waals surface area contributed by atoms with Gasteiger partial charge in [0.1, 0.15) is 5.75 Å². The summed E-state index contributed by atoms with van der Waals surface area (Å²) >= 11 is 3.46. The lowest BCUT2D eigenvalue weighted by molar-refractivity contribution is 0.0493. The van der Waals surface area contributed by atoms with E-state index in [4.69, 9.17) is 9.47 Å². The maximum absolute atomic E-state index is 13.6. The number of rotatable bonds is 6. The van der Waals surface area contributed by atoms with Crippen molar-refractivity contribution in [2.75, 3.05) is 24.1 Å². The second-order valence-electron chi connectivity index (χ2n) is 8.26. The molecule has 2 aliphatic rings. The van der Waals surface area contributed by atoms with Crippen molar-refractivity contribution in [1.82, 2.24) is 0 Å². The molecule has 2 aromatic rings. The van der Waals surface area contributed by atoms with Crippen LogP contribution in [0.4, 0.5) is 5.69 Å². The largest absolute Gasteiger partial charge is 0.493 e. The van der Waals surface area contributed by atoms with Crippen LogP contribution in [0.5, 0.6) is 5.75 Å². The van der Waals surface area contributed by atoms with E-state index in [1.807, 2.05) is 19.1 Å². The lowest BCUT2D eigenvalue weighted by Crippen LogP contribution is -2.44. The molecule has 0 saturated carbocycles. The molecule has 0 spiro atoms. The minimum Gasteiger partial charge on any atom is -0.493 e. The average Bonchev–Trinajstić information content (AvgIpc) is 2.78. The SMILES string of the molecule is CC1CCc2cc(Br)ccc2N1S(=O)(=O)C(O)c1ccccc1OCC1CCOCC1. The van der Waals surface area contributed by atoms with Crippen LogP contribution in [0, 0.1) is 5.92 Å². The van der Waals surface area contributed by atoms with Gasteiger partial charge in [0.15, 0.2) is 0 Å². The quantitative estimate of drug-likeness (QED) is 0.623. The van der Waals surface area contributed by atoms with Gasteiger partial charge in [-0.2, -0.15) is 0 Å². The topological polar surface area (TPSA) is 76.1 Å². The zero-order chi connectivity index (χ0) is 22.0. The molecule has 6 nitrogen and oxygen atoms in total. The predicted octanol–water partition coefficient (Wildman–Crippen LogP) is 4.42. The molecule has 0 bridgehead atoms. The molecular formula is C23H28BrNO5S. The molecule has 168 valence electrons. The van der Waals surface area contributed by atoms with E-state index in [1.54, 1.807) is 30.3 Å². The van der Waals surface area contributed by atoms with Crippen LogP contribution in [0.15, 0.2) is 46.9 Å². The number of sulfonamides is 1. The minimum absolute atomic E-state index is 0.247. The summed E-state index contributed by atoms with van der Waals surface area (Å²) in [7, 11) is -4.08. The highest BCUT2D eigenvalue weighted by Crippen LogP contribution is 2.39. The lowest BCUT2D eigenvalue weighted by Gasteiger charge is -2.37. The lowest BCUT2D eigenvalue weighted by atomic mass is 9.99. The summed E-state index contributed by atoms with van der Waals surface area (Å²) < 4.78 is 40.8. The molecule has 4 rings (SSSR count). The van der Waals surface area contributed by atoms with E-state index in [0.29, 0.717) is 30.4 Å². The van der Waals surface area contributed by atoms with Crippen molar-refractivity contribution in [3.63, 3.8) is 0 Å².